The van der Waals surface area contributed by atoms with E-state index < -0.39 is 27.4 Å². The van der Waals surface area contributed by atoms with E-state index in [0.717, 1.165) is 28.8 Å². The lowest BCUT2D eigenvalue weighted by Gasteiger charge is -2.07. The number of carbonyl (C=O) groups is 1. The van der Waals surface area contributed by atoms with Gasteiger partial charge in [-0.15, -0.1) is 11.3 Å². The molecule has 0 saturated heterocycles. The molecule has 1 N–H and O–H groups in total. The van der Waals surface area contributed by atoms with Gasteiger partial charge in [-0.2, -0.15) is 0 Å². The number of sulfonamides is 1. The molecule has 1 aromatic heterocycles. The molecule has 0 fully saturated rings. The van der Waals surface area contributed by atoms with Gasteiger partial charge in [-0.3, -0.25) is 0 Å². The Balaban J connectivity index is 1.73. The summed E-state index contributed by atoms with van der Waals surface area (Å²) in [7, 11) is -2.58. The number of esters is 1. The number of nitrogens with one attached hydrogen (secondary N) is 1. The van der Waals surface area contributed by atoms with Crippen LogP contribution in [0.15, 0.2) is 58.8 Å². The molecule has 0 aliphatic carbocycles. The van der Waals surface area contributed by atoms with Crippen LogP contribution in [0.1, 0.15) is 16.1 Å². The van der Waals surface area contributed by atoms with Crippen LogP contribution in [0.5, 0.6) is 0 Å². The SMILES string of the molecule is CNS(=O)(=O)c1ccc(F)c(C(=O)OCc2csc(-c3ccccc3)n2)c1. The van der Waals surface area contributed by atoms with Crippen molar-refractivity contribution in [3.05, 3.63) is 71.0 Å². The van der Waals surface area contributed by atoms with E-state index in [9.17, 15) is 17.6 Å². The van der Waals surface area contributed by atoms with Gasteiger partial charge >= 0.3 is 5.97 Å². The molecule has 1 heterocycles. The summed E-state index contributed by atoms with van der Waals surface area (Å²) in [5.41, 5.74) is 1.01. The second kappa shape index (κ2) is 7.95. The predicted molar refractivity (Wildman–Crippen MR) is 99.3 cm³/mol. The van der Waals surface area contributed by atoms with Crippen molar-refractivity contribution in [1.82, 2.24) is 9.71 Å². The highest BCUT2D eigenvalue weighted by atomic mass is 32.2. The maximum Gasteiger partial charge on any atom is 0.341 e. The molecule has 0 aliphatic rings. The van der Waals surface area contributed by atoms with Crippen LogP contribution in [0.25, 0.3) is 10.6 Å². The monoisotopic (exact) mass is 406 g/mol. The van der Waals surface area contributed by atoms with E-state index in [4.69, 9.17) is 4.74 Å². The summed E-state index contributed by atoms with van der Waals surface area (Å²) < 4.78 is 44.8. The Morgan fingerprint density at radius 1 is 1.22 bits per heavy atom. The summed E-state index contributed by atoms with van der Waals surface area (Å²) in [5.74, 6) is -1.83. The van der Waals surface area contributed by atoms with Crippen LogP contribution in [0, 0.1) is 5.82 Å². The number of nitrogens with zero attached hydrogens (tertiary/aromatic N) is 1. The molecule has 3 rings (SSSR count). The van der Waals surface area contributed by atoms with Gasteiger partial charge in [-0.25, -0.2) is 27.3 Å². The average molecular weight is 406 g/mol. The first-order valence-corrected chi connectivity index (χ1v) is 10.2. The summed E-state index contributed by atoms with van der Waals surface area (Å²) in [5, 5.41) is 2.52. The first kappa shape index (κ1) is 19.2. The van der Waals surface area contributed by atoms with Crippen LogP contribution in [0.4, 0.5) is 4.39 Å². The maximum atomic E-state index is 13.9. The van der Waals surface area contributed by atoms with E-state index in [1.165, 1.54) is 18.4 Å². The normalized spacial score (nSPS) is 11.3. The topological polar surface area (TPSA) is 85.4 Å². The molecule has 0 spiro atoms. The van der Waals surface area contributed by atoms with Gasteiger partial charge in [-0.05, 0) is 25.2 Å². The number of carbonyl (C=O) groups excluding carboxylic acids is 1. The van der Waals surface area contributed by atoms with Crippen LogP contribution in [-0.4, -0.2) is 26.4 Å². The predicted octanol–water partition coefficient (Wildman–Crippen LogP) is 3.21. The summed E-state index contributed by atoms with van der Waals surface area (Å²) in [6.07, 6.45) is 0. The van der Waals surface area contributed by atoms with Crippen LogP contribution in [0.2, 0.25) is 0 Å². The molecule has 6 nitrogen and oxygen atoms in total. The fourth-order valence-electron chi connectivity index (χ4n) is 2.25. The van der Waals surface area contributed by atoms with Gasteiger partial charge in [0.25, 0.3) is 0 Å². The number of aromatic nitrogens is 1. The molecule has 27 heavy (non-hydrogen) atoms. The van der Waals surface area contributed by atoms with Crippen LogP contribution < -0.4 is 4.72 Å². The van der Waals surface area contributed by atoms with E-state index in [0.29, 0.717) is 5.69 Å². The van der Waals surface area contributed by atoms with Crippen molar-refractivity contribution >= 4 is 27.3 Å². The van der Waals surface area contributed by atoms with Crippen molar-refractivity contribution in [3.8, 4) is 10.6 Å². The third-order valence-electron chi connectivity index (χ3n) is 3.66. The molecule has 3 aromatic rings. The second-order valence-corrected chi connectivity index (χ2v) is 8.18. The van der Waals surface area contributed by atoms with Crippen LogP contribution in [-0.2, 0) is 21.4 Å². The molecule has 0 saturated carbocycles. The molecule has 2 aromatic carbocycles. The first-order chi connectivity index (χ1) is 12.9. The molecular formula is C18H15FN2O4S2. The van der Waals surface area contributed by atoms with E-state index in [-0.39, 0.29) is 11.5 Å². The van der Waals surface area contributed by atoms with Gasteiger partial charge in [0.15, 0.2) is 0 Å². The zero-order chi connectivity index (χ0) is 19.4. The Morgan fingerprint density at radius 2 is 1.96 bits per heavy atom. The first-order valence-electron chi connectivity index (χ1n) is 7.81. The second-order valence-electron chi connectivity index (χ2n) is 5.44. The number of hydrogen-bond donors (Lipinski definition) is 1. The lowest BCUT2D eigenvalue weighted by molar-refractivity contribution is 0.0463. The molecule has 0 bridgehead atoms. The number of thiazole rings is 1. The van der Waals surface area contributed by atoms with Crippen molar-refractivity contribution < 1.29 is 22.3 Å². The number of ether oxygens (including phenoxy) is 1. The van der Waals surface area contributed by atoms with Gasteiger partial charge in [0.05, 0.1) is 16.2 Å². The minimum absolute atomic E-state index is 0.148. The van der Waals surface area contributed by atoms with Crippen molar-refractivity contribution in [2.45, 2.75) is 11.5 Å². The van der Waals surface area contributed by atoms with E-state index in [1.54, 1.807) is 5.38 Å². The van der Waals surface area contributed by atoms with Crippen molar-refractivity contribution in [3.63, 3.8) is 0 Å². The molecule has 9 heteroatoms. The number of benzene rings is 2. The highest BCUT2D eigenvalue weighted by Gasteiger charge is 2.19. The van der Waals surface area contributed by atoms with Gasteiger partial charge in [0.1, 0.15) is 17.4 Å². The van der Waals surface area contributed by atoms with E-state index >= 15 is 0 Å². The largest absolute Gasteiger partial charge is 0.455 e. The Morgan fingerprint density at radius 3 is 2.67 bits per heavy atom. The zero-order valence-corrected chi connectivity index (χ0v) is 15.8. The molecule has 0 unspecified atom stereocenters. The average Bonchev–Trinajstić information content (AvgIpc) is 3.16. The Hall–Kier alpha value is -2.62. The highest BCUT2D eigenvalue weighted by Crippen LogP contribution is 2.24. The fraction of sp³-hybridized carbons (Fsp3) is 0.111. The molecular weight excluding hydrogens is 391 g/mol. The maximum absolute atomic E-state index is 13.9. The van der Waals surface area contributed by atoms with Crippen molar-refractivity contribution in [2.24, 2.45) is 0 Å². The third kappa shape index (κ3) is 4.38. The van der Waals surface area contributed by atoms with Gasteiger partial charge < -0.3 is 4.74 Å². The lowest BCUT2D eigenvalue weighted by atomic mass is 10.2. The molecule has 0 aliphatic heterocycles. The molecule has 0 radical (unpaired) electrons. The summed E-state index contributed by atoms with van der Waals surface area (Å²) in [6, 6.07) is 12.4. The Labute approximate surface area is 159 Å². The van der Waals surface area contributed by atoms with Gasteiger partial charge in [0.2, 0.25) is 10.0 Å². The van der Waals surface area contributed by atoms with Crippen molar-refractivity contribution in [2.75, 3.05) is 7.05 Å². The zero-order valence-electron chi connectivity index (χ0n) is 14.2. The van der Waals surface area contributed by atoms with Gasteiger partial charge in [0, 0.05) is 10.9 Å². The molecule has 0 amide bonds. The van der Waals surface area contributed by atoms with Crippen LogP contribution >= 0.6 is 11.3 Å². The van der Waals surface area contributed by atoms with Crippen molar-refractivity contribution in [1.29, 1.82) is 0 Å². The minimum Gasteiger partial charge on any atom is -0.455 e. The standard InChI is InChI=1S/C18H15FN2O4S2/c1-20-27(23,24)14-7-8-16(19)15(9-14)18(22)25-10-13-11-26-17(21-13)12-5-3-2-4-6-12/h2-9,11,20H,10H2,1H3. The number of halogens is 1. The minimum atomic E-state index is -3.80. The number of rotatable bonds is 6. The smallest absolute Gasteiger partial charge is 0.341 e. The molecule has 0 atom stereocenters. The summed E-state index contributed by atoms with van der Waals surface area (Å²) in [6.45, 7) is -0.148. The van der Waals surface area contributed by atoms with E-state index in [1.807, 2.05) is 30.3 Å². The lowest BCUT2D eigenvalue weighted by Crippen LogP contribution is -2.19. The highest BCUT2D eigenvalue weighted by molar-refractivity contribution is 7.89. The third-order valence-corrected chi connectivity index (χ3v) is 6.01. The van der Waals surface area contributed by atoms with Crippen LogP contribution in [0.3, 0.4) is 0 Å². The van der Waals surface area contributed by atoms with E-state index in [2.05, 4.69) is 9.71 Å². The molecule has 140 valence electrons. The fourth-order valence-corrected chi connectivity index (χ4v) is 3.82. The van der Waals surface area contributed by atoms with Gasteiger partial charge in [-0.1, -0.05) is 30.3 Å². The summed E-state index contributed by atoms with van der Waals surface area (Å²) in [4.78, 5) is 16.3. The summed E-state index contributed by atoms with van der Waals surface area (Å²) >= 11 is 1.40. The quantitative estimate of drug-likeness (QED) is 0.636. The Bertz CT molecular complexity index is 1070. The Kier molecular flexibility index (Phi) is 5.64. The number of hydrogen-bond acceptors (Lipinski definition) is 6.